The number of carboxylic acids is 1. The van der Waals surface area contributed by atoms with Gasteiger partial charge in [-0.25, -0.2) is 0 Å². The van der Waals surface area contributed by atoms with Crippen LogP contribution in [-0.4, -0.2) is 36.9 Å². The van der Waals surface area contributed by atoms with E-state index in [1.807, 2.05) is 0 Å². The molecule has 0 aromatic heterocycles. The quantitative estimate of drug-likeness (QED) is 0.831. The lowest BCUT2D eigenvalue weighted by Crippen LogP contribution is -2.27. The Balaban J connectivity index is 2.35. The molecule has 0 spiro atoms. The van der Waals surface area contributed by atoms with E-state index in [0.29, 0.717) is 17.1 Å². The van der Waals surface area contributed by atoms with Crippen molar-refractivity contribution in [1.29, 1.82) is 0 Å². The number of carboxylic acid groups (broad SMARTS) is 1. The van der Waals surface area contributed by atoms with Crippen LogP contribution >= 0.6 is 0 Å². The van der Waals surface area contributed by atoms with Crippen molar-refractivity contribution in [3.63, 3.8) is 0 Å². The summed E-state index contributed by atoms with van der Waals surface area (Å²) in [5.74, 6) is 0.376. The number of fused-ring (bicyclic) bond motifs is 1. The molecule has 1 atom stereocenters. The summed E-state index contributed by atoms with van der Waals surface area (Å²) in [5.41, 5.74) is 0.682. The molecule has 0 fully saturated rings. The highest BCUT2D eigenvalue weighted by Gasteiger charge is 2.24. The Bertz CT molecular complexity index is 416. The zero-order chi connectivity index (χ0) is 11.7. The zero-order valence-electron chi connectivity index (χ0n) is 9.14. The summed E-state index contributed by atoms with van der Waals surface area (Å²) in [6.45, 7) is 0.193. The van der Waals surface area contributed by atoms with Crippen LogP contribution in [-0.2, 0) is 4.79 Å². The minimum atomic E-state index is -0.885. The molecule has 0 saturated heterocycles. The van der Waals surface area contributed by atoms with Gasteiger partial charge in [0.1, 0.15) is 6.04 Å². The molecule has 1 aromatic rings. The van der Waals surface area contributed by atoms with E-state index in [0.717, 1.165) is 0 Å². The molecular weight excluding hydrogens is 210 g/mol. The van der Waals surface area contributed by atoms with Gasteiger partial charge in [0.05, 0.1) is 0 Å². The van der Waals surface area contributed by atoms with Crippen LogP contribution in [0.15, 0.2) is 18.2 Å². The summed E-state index contributed by atoms with van der Waals surface area (Å²) in [7, 11) is 3.45. The molecule has 1 aromatic carbocycles. The highest BCUT2D eigenvalue weighted by molar-refractivity contribution is 5.76. The Kier molecular flexibility index (Phi) is 2.70. The zero-order valence-corrected chi connectivity index (χ0v) is 9.14. The smallest absolute Gasteiger partial charge is 0.325 e. The Morgan fingerprint density at radius 1 is 1.38 bits per heavy atom. The number of aliphatic carboxylic acids is 1. The maximum absolute atomic E-state index is 11.1. The van der Waals surface area contributed by atoms with Gasteiger partial charge in [0.2, 0.25) is 6.79 Å². The molecule has 0 radical (unpaired) electrons. The average Bonchev–Trinajstić information content (AvgIpc) is 2.63. The van der Waals surface area contributed by atoms with Crippen molar-refractivity contribution in [2.75, 3.05) is 20.9 Å². The maximum atomic E-state index is 11.1. The number of benzene rings is 1. The van der Waals surface area contributed by atoms with Crippen LogP contribution in [0.25, 0.3) is 0 Å². The predicted octanol–water partition coefficient (Wildman–Crippen LogP) is 1.10. The van der Waals surface area contributed by atoms with E-state index in [2.05, 4.69) is 0 Å². The third-order valence-corrected chi connectivity index (χ3v) is 2.46. The molecule has 1 heterocycles. The Labute approximate surface area is 93.2 Å². The summed E-state index contributed by atoms with van der Waals surface area (Å²) in [6.07, 6.45) is 0. The molecule has 1 unspecified atom stereocenters. The summed E-state index contributed by atoms with van der Waals surface area (Å²) in [5, 5.41) is 9.13. The van der Waals surface area contributed by atoms with E-state index in [1.54, 1.807) is 37.2 Å². The average molecular weight is 223 g/mol. The summed E-state index contributed by atoms with van der Waals surface area (Å²) in [6, 6.07) is 4.51. The van der Waals surface area contributed by atoms with Gasteiger partial charge in [-0.05, 0) is 31.8 Å². The van der Waals surface area contributed by atoms with Gasteiger partial charge in [0.15, 0.2) is 11.5 Å². The lowest BCUT2D eigenvalue weighted by molar-refractivity contribution is -0.142. The topological polar surface area (TPSA) is 59.0 Å². The minimum Gasteiger partial charge on any atom is -0.480 e. The van der Waals surface area contributed by atoms with Gasteiger partial charge < -0.3 is 14.6 Å². The number of hydrogen-bond donors (Lipinski definition) is 1. The van der Waals surface area contributed by atoms with E-state index >= 15 is 0 Å². The lowest BCUT2D eigenvalue weighted by Gasteiger charge is -2.20. The van der Waals surface area contributed by atoms with Gasteiger partial charge >= 0.3 is 5.97 Å². The van der Waals surface area contributed by atoms with E-state index in [4.69, 9.17) is 14.6 Å². The van der Waals surface area contributed by atoms with Crippen LogP contribution in [0.3, 0.4) is 0 Å². The first-order chi connectivity index (χ1) is 7.59. The molecule has 0 aliphatic carbocycles. The SMILES string of the molecule is CN(C)C(C(=O)O)c1ccc2c(c1)OCO2. The Morgan fingerprint density at radius 3 is 2.69 bits per heavy atom. The largest absolute Gasteiger partial charge is 0.480 e. The standard InChI is InChI=1S/C11H13NO4/c1-12(2)10(11(13)14)7-3-4-8-9(5-7)16-6-15-8/h3-5,10H,6H2,1-2H3,(H,13,14). The van der Waals surface area contributed by atoms with Crippen molar-refractivity contribution in [2.45, 2.75) is 6.04 Å². The summed E-state index contributed by atoms with van der Waals surface area (Å²) in [4.78, 5) is 12.8. The molecular formula is C11H13NO4. The lowest BCUT2D eigenvalue weighted by atomic mass is 10.1. The van der Waals surface area contributed by atoms with Gasteiger partial charge in [-0.3, -0.25) is 9.69 Å². The van der Waals surface area contributed by atoms with Crippen LogP contribution in [0.5, 0.6) is 11.5 Å². The summed E-state index contributed by atoms with van der Waals surface area (Å²) >= 11 is 0. The van der Waals surface area contributed by atoms with Crippen molar-refractivity contribution in [3.8, 4) is 11.5 Å². The van der Waals surface area contributed by atoms with Crippen LogP contribution in [0, 0.1) is 0 Å². The fraction of sp³-hybridized carbons (Fsp3) is 0.364. The van der Waals surface area contributed by atoms with Crippen LogP contribution in [0.4, 0.5) is 0 Å². The van der Waals surface area contributed by atoms with E-state index in [1.165, 1.54) is 0 Å². The molecule has 5 nitrogen and oxygen atoms in total. The molecule has 1 N–H and O–H groups in total. The number of nitrogens with zero attached hydrogens (tertiary/aromatic N) is 1. The molecule has 86 valence electrons. The number of hydrogen-bond acceptors (Lipinski definition) is 4. The van der Waals surface area contributed by atoms with Crippen molar-refractivity contribution in [3.05, 3.63) is 23.8 Å². The van der Waals surface area contributed by atoms with Crippen molar-refractivity contribution >= 4 is 5.97 Å². The third kappa shape index (κ3) is 1.81. The highest BCUT2D eigenvalue weighted by Crippen LogP contribution is 2.35. The van der Waals surface area contributed by atoms with E-state index in [-0.39, 0.29) is 6.79 Å². The molecule has 0 saturated carbocycles. The third-order valence-electron chi connectivity index (χ3n) is 2.46. The first-order valence-corrected chi connectivity index (χ1v) is 4.88. The second kappa shape index (κ2) is 4.02. The molecule has 16 heavy (non-hydrogen) atoms. The van der Waals surface area contributed by atoms with Crippen LogP contribution < -0.4 is 9.47 Å². The Morgan fingerprint density at radius 2 is 2.06 bits per heavy atom. The van der Waals surface area contributed by atoms with E-state index < -0.39 is 12.0 Å². The van der Waals surface area contributed by atoms with Crippen LogP contribution in [0.1, 0.15) is 11.6 Å². The monoisotopic (exact) mass is 223 g/mol. The molecule has 2 rings (SSSR count). The molecule has 1 aliphatic heterocycles. The second-order valence-corrected chi connectivity index (χ2v) is 3.82. The van der Waals surface area contributed by atoms with Gasteiger partial charge in [-0.15, -0.1) is 0 Å². The van der Waals surface area contributed by atoms with Gasteiger partial charge in [0, 0.05) is 0 Å². The molecule has 0 amide bonds. The van der Waals surface area contributed by atoms with Crippen molar-refractivity contribution in [1.82, 2.24) is 4.90 Å². The van der Waals surface area contributed by atoms with Gasteiger partial charge in [-0.2, -0.15) is 0 Å². The number of likely N-dealkylation sites (N-methyl/N-ethyl adjacent to an activating group) is 1. The fourth-order valence-corrected chi connectivity index (χ4v) is 1.74. The molecule has 5 heteroatoms. The van der Waals surface area contributed by atoms with Crippen molar-refractivity contribution < 1.29 is 19.4 Å². The number of rotatable bonds is 3. The minimum absolute atomic E-state index is 0.193. The first-order valence-electron chi connectivity index (χ1n) is 4.88. The van der Waals surface area contributed by atoms with Gasteiger partial charge in [-0.1, -0.05) is 6.07 Å². The first kappa shape index (κ1) is 10.8. The Hall–Kier alpha value is -1.75. The second-order valence-electron chi connectivity index (χ2n) is 3.82. The predicted molar refractivity (Wildman–Crippen MR) is 56.6 cm³/mol. The van der Waals surface area contributed by atoms with Crippen LogP contribution in [0.2, 0.25) is 0 Å². The normalized spacial score (nSPS) is 15.2. The molecule has 0 bridgehead atoms. The number of carbonyl (C=O) groups is 1. The maximum Gasteiger partial charge on any atom is 0.325 e. The summed E-state index contributed by atoms with van der Waals surface area (Å²) < 4.78 is 10.4. The number of ether oxygens (including phenoxy) is 2. The molecule has 1 aliphatic rings. The fourth-order valence-electron chi connectivity index (χ4n) is 1.74. The highest BCUT2D eigenvalue weighted by atomic mass is 16.7. The van der Waals surface area contributed by atoms with E-state index in [9.17, 15) is 4.79 Å². The van der Waals surface area contributed by atoms with Crippen molar-refractivity contribution in [2.24, 2.45) is 0 Å². The van der Waals surface area contributed by atoms with Gasteiger partial charge in [0.25, 0.3) is 0 Å².